The Labute approximate surface area is 121 Å². The molecule has 1 aliphatic heterocycles. The highest BCUT2D eigenvalue weighted by Crippen LogP contribution is 2.37. The summed E-state index contributed by atoms with van der Waals surface area (Å²) in [7, 11) is 2.03. The highest BCUT2D eigenvalue weighted by atomic mass is 35.5. The summed E-state index contributed by atoms with van der Waals surface area (Å²) in [5, 5.41) is 1.40. The second-order valence-electron chi connectivity index (χ2n) is 4.89. The molecule has 4 nitrogen and oxygen atoms in total. The van der Waals surface area contributed by atoms with Crippen LogP contribution in [0.25, 0.3) is 22.2 Å². The first-order chi connectivity index (χ1) is 9.74. The van der Waals surface area contributed by atoms with E-state index in [1.807, 2.05) is 19.2 Å². The van der Waals surface area contributed by atoms with Gasteiger partial charge in [-0.25, -0.2) is 4.98 Å². The minimum atomic E-state index is 0.230. The Balaban J connectivity index is 2.05. The van der Waals surface area contributed by atoms with E-state index in [9.17, 15) is 0 Å². The van der Waals surface area contributed by atoms with Gasteiger partial charge in [0.05, 0.1) is 12.3 Å². The first-order valence-corrected chi connectivity index (χ1v) is 6.85. The van der Waals surface area contributed by atoms with Crippen LogP contribution in [0.5, 0.6) is 5.88 Å². The number of rotatable bonds is 1. The van der Waals surface area contributed by atoms with Crippen LogP contribution in [0.2, 0.25) is 5.28 Å². The van der Waals surface area contributed by atoms with Gasteiger partial charge in [-0.3, -0.25) is 0 Å². The lowest BCUT2D eigenvalue weighted by atomic mass is 10.0. The summed E-state index contributed by atoms with van der Waals surface area (Å²) in [5.41, 5.74) is 4.18. The molecule has 20 heavy (non-hydrogen) atoms. The van der Waals surface area contributed by atoms with Crippen LogP contribution in [0.1, 0.15) is 5.56 Å². The van der Waals surface area contributed by atoms with Gasteiger partial charge in [-0.15, -0.1) is 0 Å². The number of benzene rings is 1. The Kier molecular flexibility index (Phi) is 2.47. The van der Waals surface area contributed by atoms with Gasteiger partial charge in [-0.1, -0.05) is 18.2 Å². The maximum absolute atomic E-state index is 6.03. The fraction of sp³-hybridized carbons (Fsp3) is 0.200. The van der Waals surface area contributed by atoms with Gasteiger partial charge in [0.1, 0.15) is 0 Å². The Morgan fingerprint density at radius 1 is 1.25 bits per heavy atom. The predicted octanol–water partition coefficient (Wildman–Crippen LogP) is 3.22. The lowest BCUT2D eigenvalue weighted by molar-refractivity contribution is 0.344. The van der Waals surface area contributed by atoms with E-state index in [1.54, 1.807) is 0 Å². The van der Waals surface area contributed by atoms with Crippen molar-refractivity contribution in [2.45, 2.75) is 6.42 Å². The molecule has 3 heterocycles. The van der Waals surface area contributed by atoms with Crippen molar-refractivity contribution in [1.82, 2.24) is 14.5 Å². The number of hydrogen-bond donors (Lipinski definition) is 0. The van der Waals surface area contributed by atoms with Crippen molar-refractivity contribution in [2.75, 3.05) is 6.61 Å². The summed E-state index contributed by atoms with van der Waals surface area (Å²) in [5.74, 6) is 0.618. The minimum Gasteiger partial charge on any atom is -0.477 e. The SMILES string of the molecule is Cn1cc(-c2nc(Cl)nc3c2CCO3)c2ccccc21. The number of fused-ring (bicyclic) bond motifs is 2. The third kappa shape index (κ3) is 1.61. The predicted molar refractivity (Wildman–Crippen MR) is 78.2 cm³/mol. The van der Waals surface area contributed by atoms with Crippen molar-refractivity contribution < 1.29 is 4.74 Å². The second-order valence-corrected chi connectivity index (χ2v) is 5.23. The van der Waals surface area contributed by atoms with Crippen molar-refractivity contribution in [2.24, 2.45) is 7.05 Å². The number of nitrogens with zero attached hydrogens (tertiary/aromatic N) is 3. The number of aryl methyl sites for hydroxylation is 1. The molecule has 1 aromatic carbocycles. The van der Waals surface area contributed by atoms with Crippen molar-refractivity contribution in [3.05, 3.63) is 41.3 Å². The van der Waals surface area contributed by atoms with Crippen molar-refractivity contribution in [1.29, 1.82) is 0 Å². The summed E-state index contributed by atoms with van der Waals surface area (Å²) >= 11 is 6.03. The summed E-state index contributed by atoms with van der Waals surface area (Å²) in [6.07, 6.45) is 2.91. The smallest absolute Gasteiger partial charge is 0.226 e. The van der Waals surface area contributed by atoms with Crippen LogP contribution >= 0.6 is 11.6 Å². The fourth-order valence-corrected chi connectivity index (χ4v) is 2.95. The molecule has 0 atom stereocenters. The molecule has 0 bridgehead atoms. The zero-order valence-electron chi connectivity index (χ0n) is 10.9. The average molecular weight is 286 g/mol. The summed E-state index contributed by atoms with van der Waals surface area (Å²) in [6.45, 7) is 0.641. The number of ether oxygens (including phenoxy) is 1. The number of aromatic nitrogens is 3. The lowest BCUT2D eigenvalue weighted by Crippen LogP contribution is -1.93. The Morgan fingerprint density at radius 2 is 2.10 bits per heavy atom. The van der Waals surface area contributed by atoms with Crippen molar-refractivity contribution >= 4 is 22.5 Å². The number of halogens is 1. The molecule has 1 aliphatic rings. The lowest BCUT2D eigenvalue weighted by Gasteiger charge is -2.05. The van der Waals surface area contributed by atoms with Crippen LogP contribution in [0.4, 0.5) is 0 Å². The van der Waals surface area contributed by atoms with Crippen LogP contribution in [0, 0.1) is 0 Å². The van der Waals surface area contributed by atoms with E-state index >= 15 is 0 Å². The number of para-hydroxylation sites is 1. The topological polar surface area (TPSA) is 39.9 Å². The molecule has 2 aromatic heterocycles. The molecular formula is C15H12ClN3O. The van der Waals surface area contributed by atoms with E-state index < -0.39 is 0 Å². The van der Waals surface area contributed by atoms with E-state index in [2.05, 4.69) is 32.9 Å². The van der Waals surface area contributed by atoms with Gasteiger partial charge in [0.25, 0.3) is 0 Å². The van der Waals surface area contributed by atoms with Crippen molar-refractivity contribution in [3.63, 3.8) is 0 Å². The van der Waals surface area contributed by atoms with Gasteiger partial charge in [0.15, 0.2) is 0 Å². The molecule has 4 rings (SSSR count). The van der Waals surface area contributed by atoms with Crippen LogP contribution in [0.3, 0.4) is 0 Å². The Bertz CT molecular complexity index is 825. The molecule has 0 radical (unpaired) electrons. The van der Waals surface area contributed by atoms with E-state index in [0.717, 1.165) is 23.2 Å². The average Bonchev–Trinajstić information content (AvgIpc) is 3.03. The maximum Gasteiger partial charge on any atom is 0.226 e. The number of hydrogen-bond acceptors (Lipinski definition) is 3. The van der Waals surface area contributed by atoms with Crippen molar-refractivity contribution in [3.8, 4) is 17.1 Å². The molecule has 5 heteroatoms. The molecule has 0 amide bonds. The van der Waals surface area contributed by atoms with Gasteiger partial charge in [-0.05, 0) is 17.7 Å². The molecule has 0 spiro atoms. The monoisotopic (exact) mass is 285 g/mol. The highest BCUT2D eigenvalue weighted by molar-refractivity contribution is 6.28. The highest BCUT2D eigenvalue weighted by Gasteiger charge is 2.23. The van der Waals surface area contributed by atoms with Gasteiger partial charge >= 0.3 is 0 Å². The minimum absolute atomic E-state index is 0.230. The normalized spacial score (nSPS) is 13.5. The molecule has 0 aliphatic carbocycles. The second kappa shape index (κ2) is 4.21. The summed E-state index contributed by atoms with van der Waals surface area (Å²) in [4.78, 5) is 8.59. The largest absolute Gasteiger partial charge is 0.477 e. The first kappa shape index (κ1) is 11.7. The fourth-order valence-electron chi connectivity index (χ4n) is 2.78. The molecular weight excluding hydrogens is 274 g/mol. The molecule has 0 N–H and O–H groups in total. The van der Waals surface area contributed by atoms with E-state index in [-0.39, 0.29) is 5.28 Å². The summed E-state index contributed by atoms with van der Waals surface area (Å²) < 4.78 is 7.62. The zero-order valence-corrected chi connectivity index (χ0v) is 11.7. The van der Waals surface area contributed by atoms with Crippen LogP contribution in [0.15, 0.2) is 30.5 Å². The Morgan fingerprint density at radius 3 is 3.00 bits per heavy atom. The van der Waals surface area contributed by atoms with Crippen LogP contribution in [-0.4, -0.2) is 21.1 Å². The van der Waals surface area contributed by atoms with Gasteiger partial charge < -0.3 is 9.30 Å². The Hall–Kier alpha value is -2.07. The van der Waals surface area contributed by atoms with Gasteiger partial charge in [0, 0.05) is 41.7 Å². The zero-order chi connectivity index (χ0) is 13.7. The molecule has 0 unspecified atom stereocenters. The standard InChI is InChI=1S/C15H12ClN3O/c1-19-8-11(9-4-2-3-5-12(9)19)13-10-6-7-20-14(10)18-15(16)17-13/h2-5,8H,6-7H2,1H3. The maximum atomic E-state index is 6.03. The first-order valence-electron chi connectivity index (χ1n) is 6.47. The van der Waals surface area contributed by atoms with E-state index in [1.165, 1.54) is 10.9 Å². The molecule has 100 valence electrons. The van der Waals surface area contributed by atoms with E-state index in [0.29, 0.717) is 12.5 Å². The molecule has 0 fully saturated rings. The molecule has 3 aromatic rings. The quantitative estimate of drug-likeness (QED) is 0.645. The molecule has 0 saturated carbocycles. The summed E-state index contributed by atoms with van der Waals surface area (Å²) in [6, 6.07) is 8.26. The van der Waals surface area contributed by atoms with Crippen LogP contribution in [-0.2, 0) is 13.5 Å². The van der Waals surface area contributed by atoms with Crippen LogP contribution < -0.4 is 4.74 Å². The van der Waals surface area contributed by atoms with Gasteiger partial charge in [0.2, 0.25) is 11.2 Å². The molecule has 0 saturated heterocycles. The van der Waals surface area contributed by atoms with E-state index in [4.69, 9.17) is 16.3 Å². The third-order valence-corrected chi connectivity index (χ3v) is 3.85. The third-order valence-electron chi connectivity index (χ3n) is 3.68. The van der Waals surface area contributed by atoms with Gasteiger partial charge in [-0.2, -0.15) is 4.98 Å².